The number of hydrogen-bond acceptors (Lipinski definition) is 5. The summed E-state index contributed by atoms with van der Waals surface area (Å²) in [5.74, 6) is 0.210. The first-order valence-corrected chi connectivity index (χ1v) is 11.0. The summed E-state index contributed by atoms with van der Waals surface area (Å²) in [5.41, 5.74) is 0.802. The van der Waals surface area contributed by atoms with Crippen molar-refractivity contribution in [2.24, 2.45) is 0 Å². The molecule has 0 bridgehead atoms. The molecule has 3 rings (SSSR count). The summed E-state index contributed by atoms with van der Waals surface area (Å²) in [7, 11) is -2.35. The number of ether oxygens (including phenoxy) is 2. The molecule has 0 spiro atoms. The molecule has 1 saturated heterocycles. The SMILES string of the molecule is COc1ccc(S(=O)(=O)N(CC(=O)NC[C@@H]2CCCO2)Cc2ccccc2)cc1. The van der Waals surface area contributed by atoms with Crippen LogP contribution >= 0.6 is 0 Å². The molecule has 0 unspecified atom stereocenters. The Morgan fingerprint density at radius 1 is 1.17 bits per heavy atom. The Labute approximate surface area is 171 Å². The van der Waals surface area contributed by atoms with E-state index in [1.54, 1.807) is 12.1 Å². The van der Waals surface area contributed by atoms with E-state index in [2.05, 4.69) is 5.32 Å². The van der Waals surface area contributed by atoms with Crippen molar-refractivity contribution in [2.75, 3.05) is 26.8 Å². The minimum Gasteiger partial charge on any atom is -0.497 e. The lowest BCUT2D eigenvalue weighted by molar-refractivity contribution is -0.121. The van der Waals surface area contributed by atoms with Gasteiger partial charge in [-0.3, -0.25) is 4.79 Å². The molecule has 0 radical (unpaired) electrons. The minimum atomic E-state index is -3.87. The highest BCUT2D eigenvalue weighted by molar-refractivity contribution is 7.89. The van der Waals surface area contributed by atoms with Crippen LogP contribution in [-0.4, -0.2) is 51.5 Å². The highest BCUT2D eigenvalue weighted by Gasteiger charge is 2.27. The summed E-state index contributed by atoms with van der Waals surface area (Å²) >= 11 is 0. The lowest BCUT2D eigenvalue weighted by Gasteiger charge is -2.22. The molecule has 0 aromatic heterocycles. The van der Waals surface area contributed by atoms with Crippen LogP contribution in [-0.2, 0) is 26.1 Å². The third kappa shape index (κ3) is 5.79. The molecular weight excluding hydrogens is 392 g/mol. The molecule has 29 heavy (non-hydrogen) atoms. The van der Waals surface area contributed by atoms with Gasteiger partial charge in [0.25, 0.3) is 0 Å². The lowest BCUT2D eigenvalue weighted by Crippen LogP contribution is -2.42. The number of hydrogen-bond donors (Lipinski definition) is 1. The van der Waals surface area contributed by atoms with Crippen molar-refractivity contribution in [3.05, 3.63) is 60.2 Å². The number of carbonyl (C=O) groups excluding carboxylic acids is 1. The molecule has 1 N–H and O–H groups in total. The van der Waals surface area contributed by atoms with Gasteiger partial charge in [0.2, 0.25) is 15.9 Å². The Morgan fingerprint density at radius 2 is 1.90 bits per heavy atom. The average molecular weight is 419 g/mol. The molecule has 1 fully saturated rings. The maximum Gasteiger partial charge on any atom is 0.243 e. The molecule has 1 aliphatic rings. The molecule has 1 amide bonds. The van der Waals surface area contributed by atoms with E-state index in [4.69, 9.17) is 9.47 Å². The maximum absolute atomic E-state index is 13.2. The lowest BCUT2D eigenvalue weighted by atomic mass is 10.2. The molecule has 0 saturated carbocycles. The summed E-state index contributed by atoms with van der Waals surface area (Å²) in [5, 5.41) is 2.79. The summed E-state index contributed by atoms with van der Waals surface area (Å²) < 4.78 is 38.2. The third-order valence-electron chi connectivity index (χ3n) is 4.77. The van der Waals surface area contributed by atoms with Crippen molar-refractivity contribution in [3.8, 4) is 5.75 Å². The summed E-state index contributed by atoms with van der Waals surface area (Å²) in [6.07, 6.45) is 1.88. The number of benzene rings is 2. The van der Waals surface area contributed by atoms with E-state index in [-0.39, 0.29) is 30.0 Å². The number of nitrogens with zero attached hydrogens (tertiary/aromatic N) is 1. The standard InChI is InChI=1S/C21H26N2O5S/c1-27-18-9-11-20(12-10-18)29(25,26)23(15-17-6-3-2-4-7-17)16-21(24)22-14-19-8-5-13-28-19/h2-4,6-7,9-12,19H,5,8,13-16H2,1H3,(H,22,24)/t19-/m0/s1. The fourth-order valence-corrected chi connectivity index (χ4v) is 4.54. The number of rotatable bonds is 9. The van der Waals surface area contributed by atoms with Crippen LogP contribution < -0.4 is 10.1 Å². The second-order valence-corrected chi connectivity index (χ2v) is 8.81. The van der Waals surface area contributed by atoms with Crippen LogP contribution in [0.5, 0.6) is 5.75 Å². The van der Waals surface area contributed by atoms with Gasteiger partial charge >= 0.3 is 0 Å². The normalized spacial score (nSPS) is 16.7. The molecule has 2 aromatic rings. The van der Waals surface area contributed by atoms with Gasteiger partial charge in [-0.2, -0.15) is 4.31 Å². The van der Waals surface area contributed by atoms with Gasteiger partial charge in [-0.1, -0.05) is 30.3 Å². The second kappa shape index (κ2) is 9.87. The molecular formula is C21H26N2O5S. The third-order valence-corrected chi connectivity index (χ3v) is 6.58. The van der Waals surface area contributed by atoms with Crippen molar-refractivity contribution >= 4 is 15.9 Å². The van der Waals surface area contributed by atoms with E-state index in [1.165, 1.54) is 23.5 Å². The highest BCUT2D eigenvalue weighted by Crippen LogP contribution is 2.21. The molecule has 1 aliphatic heterocycles. The number of amides is 1. The van der Waals surface area contributed by atoms with E-state index in [1.807, 2.05) is 30.3 Å². The van der Waals surface area contributed by atoms with Crippen LogP contribution in [0.25, 0.3) is 0 Å². The molecule has 8 heteroatoms. The fourth-order valence-electron chi connectivity index (χ4n) is 3.16. The smallest absolute Gasteiger partial charge is 0.243 e. The second-order valence-electron chi connectivity index (χ2n) is 6.87. The van der Waals surface area contributed by atoms with Crippen LogP contribution in [0.3, 0.4) is 0 Å². The van der Waals surface area contributed by atoms with E-state index >= 15 is 0 Å². The molecule has 156 valence electrons. The van der Waals surface area contributed by atoms with Crippen molar-refractivity contribution < 1.29 is 22.7 Å². The number of carbonyl (C=O) groups is 1. The zero-order valence-electron chi connectivity index (χ0n) is 16.4. The van der Waals surface area contributed by atoms with E-state index < -0.39 is 10.0 Å². The summed E-state index contributed by atoms with van der Waals surface area (Å²) in [6.45, 7) is 0.922. The minimum absolute atomic E-state index is 0.000260. The van der Waals surface area contributed by atoms with Gasteiger partial charge in [0.05, 0.1) is 24.7 Å². The first-order chi connectivity index (χ1) is 14.0. The molecule has 1 heterocycles. The zero-order chi connectivity index (χ0) is 20.7. The van der Waals surface area contributed by atoms with Gasteiger partial charge in [-0.05, 0) is 42.7 Å². The first kappa shape index (κ1) is 21.3. The summed E-state index contributed by atoms with van der Waals surface area (Å²) in [4.78, 5) is 12.6. The molecule has 7 nitrogen and oxygen atoms in total. The van der Waals surface area contributed by atoms with Crippen LogP contribution in [0.1, 0.15) is 18.4 Å². The predicted molar refractivity (Wildman–Crippen MR) is 109 cm³/mol. The van der Waals surface area contributed by atoms with Crippen molar-refractivity contribution in [1.82, 2.24) is 9.62 Å². The average Bonchev–Trinajstić information content (AvgIpc) is 3.26. The van der Waals surface area contributed by atoms with Gasteiger partial charge in [-0.15, -0.1) is 0 Å². The van der Waals surface area contributed by atoms with E-state index in [0.29, 0.717) is 18.9 Å². The Hall–Kier alpha value is -2.42. The van der Waals surface area contributed by atoms with Gasteiger partial charge in [0.15, 0.2) is 0 Å². The van der Waals surface area contributed by atoms with Crippen LogP contribution in [0, 0.1) is 0 Å². The Kier molecular flexibility index (Phi) is 7.24. The molecule has 0 aliphatic carbocycles. The van der Waals surface area contributed by atoms with Gasteiger partial charge in [-0.25, -0.2) is 8.42 Å². The van der Waals surface area contributed by atoms with Gasteiger partial charge in [0.1, 0.15) is 5.75 Å². The van der Waals surface area contributed by atoms with Gasteiger partial charge in [0, 0.05) is 19.7 Å². The first-order valence-electron chi connectivity index (χ1n) is 9.55. The Morgan fingerprint density at radius 3 is 2.52 bits per heavy atom. The van der Waals surface area contributed by atoms with Crippen molar-refractivity contribution in [2.45, 2.75) is 30.4 Å². The van der Waals surface area contributed by atoms with E-state index in [9.17, 15) is 13.2 Å². The monoisotopic (exact) mass is 418 g/mol. The van der Waals surface area contributed by atoms with Gasteiger partial charge < -0.3 is 14.8 Å². The molecule has 2 aromatic carbocycles. The van der Waals surface area contributed by atoms with Crippen molar-refractivity contribution in [1.29, 1.82) is 0 Å². The quantitative estimate of drug-likeness (QED) is 0.675. The molecule has 1 atom stereocenters. The Balaban J connectivity index is 1.76. The predicted octanol–water partition coefficient (Wildman–Crippen LogP) is 2.18. The highest BCUT2D eigenvalue weighted by atomic mass is 32.2. The zero-order valence-corrected chi connectivity index (χ0v) is 17.2. The maximum atomic E-state index is 13.2. The number of sulfonamides is 1. The fraction of sp³-hybridized carbons (Fsp3) is 0.381. The van der Waals surface area contributed by atoms with Crippen molar-refractivity contribution in [3.63, 3.8) is 0 Å². The largest absolute Gasteiger partial charge is 0.497 e. The topological polar surface area (TPSA) is 84.9 Å². The van der Waals surface area contributed by atoms with Crippen LogP contribution in [0.15, 0.2) is 59.5 Å². The number of nitrogens with one attached hydrogen (secondary N) is 1. The Bertz CT molecular complexity index is 894. The number of methoxy groups -OCH3 is 1. The van der Waals surface area contributed by atoms with Crippen LogP contribution in [0.4, 0.5) is 0 Å². The van der Waals surface area contributed by atoms with Crippen LogP contribution in [0.2, 0.25) is 0 Å². The van der Waals surface area contributed by atoms with E-state index in [0.717, 1.165) is 18.4 Å². The summed E-state index contributed by atoms with van der Waals surface area (Å²) in [6, 6.07) is 15.3.